The van der Waals surface area contributed by atoms with E-state index in [0.717, 1.165) is 0 Å². The van der Waals surface area contributed by atoms with E-state index in [1.54, 1.807) is 37.3 Å². The zero-order valence-corrected chi connectivity index (χ0v) is 19.3. The summed E-state index contributed by atoms with van der Waals surface area (Å²) in [6.07, 6.45) is 1.45. The Hall–Kier alpha value is -4.24. The highest BCUT2D eigenvalue weighted by Gasteiger charge is 2.27. The predicted octanol–water partition coefficient (Wildman–Crippen LogP) is 5.63. The van der Waals surface area contributed by atoms with Gasteiger partial charge < -0.3 is 14.2 Å². The molecule has 4 rings (SSSR count). The van der Waals surface area contributed by atoms with Crippen molar-refractivity contribution in [1.82, 2.24) is 0 Å². The van der Waals surface area contributed by atoms with Gasteiger partial charge in [0, 0.05) is 17.2 Å². The number of aliphatic imine (C=N–C) groups is 1. The van der Waals surface area contributed by atoms with E-state index in [1.165, 1.54) is 37.5 Å². The first kappa shape index (κ1) is 23.9. The Bertz CT molecular complexity index is 1400. The number of nitrogens with zero attached hydrogens (tertiary/aromatic N) is 2. The van der Waals surface area contributed by atoms with Crippen LogP contribution in [-0.4, -0.2) is 23.9 Å². The number of carbonyl (C=O) groups is 1. The van der Waals surface area contributed by atoms with Crippen LogP contribution in [0.5, 0.6) is 11.5 Å². The zero-order valence-electron chi connectivity index (χ0n) is 18.6. The minimum absolute atomic E-state index is 0.0162. The second-order valence-electron chi connectivity index (χ2n) is 7.50. The van der Waals surface area contributed by atoms with E-state index in [4.69, 9.17) is 25.8 Å². The molecule has 178 valence electrons. The van der Waals surface area contributed by atoms with Gasteiger partial charge in [-0.25, -0.2) is 14.2 Å². The van der Waals surface area contributed by atoms with E-state index >= 15 is 0 Å². The van der Waals surface area contributed by atoms with E-state index in [-0.39, 0.29) is 40.5 Å². The predicted molar refractivity (Wildman–Crippen MR) is 127 cm³/mol. The molecular formula is C25H18ClFN2O6. The third-order valence-electron chi connectivity index (χ3n) is 5.18. The van der Waals surface area contributed by atoms with Crippen LogP contribution < -0.4 is 9.47 Å². The van der Waals surface area contributed by atoms with Crippen molar-refractivity contribution in [2.45, 2.75) is 13.5 Å². The Morgan fingerprint density at radius 2 is 1.97 bits per heavy atom. The molecular weight excluding hydrogens is 479 g/mol. The largest absolute Gasteiger partial charge is 0.493 e. The van der Waals surface area contributed by atoms with Crippen LogP contribution in [0.3, 0.4) is 0 Å². The van der Waals surface area contributed by atoms with Gasteiger partial charge in [-0.15, -0.1) is 0 Å². The minimum atomic E-state index is -0.715. The fourth-order valence-electron chi connectivity index (χ4n) is 3.48. The van der Waals surface area contributed by atoms with Crippen LogP contribution in [0.2, 0.25) is 5.02 Å². The number of halogens is 2. The summed E-state index contributed by atoms with van der Waals surface area (Å²) >= 11 is 6.40. The molecule has 0 radical (unpaired) electrons. The van der Waals surface area contributed by atoms with Crippen LogP contribution in [0, 0.1) is 22.9 Å². The summed E-state index contributed by atoms with van der Waals surface area (Å²) in [5.74, 6) is -0.574. The molecule has 0 amide bonds. The van der Waals surface area contributed by atoms with Crippen LogP contribution >= 0.6 is 11.6 Å². The van der Waals surface area contributed by atoms with Crippen molar-refractivity contribution in [2.75, 3.05) is 7.11 Å². The normalized spacial score (nSPS) is 14.0. The summed E-state index contributed by atoms with van der Waals surface area (Å²) in [4.78, 5) is 27.3. The molecule has 3 aromatic carbocycles. The van der Waals surface area contributed by atoms with Gasteiger partial charge in [-0.2, -0.15) is 0 Å². The Labute approximate surface area is 204 Å². The summed E-state index contributed by atoms with van der Waals surface area (Å²) in [6.45, 7) is 1.62. The number of esters is 1. The van der Waals surface area contributed by atoms with Crippen molar-refractivity contribution < 1.29 is 28.3 Å². The number of rotatable bonds is 7. The number of nitro benzene ring substituents is 1. The summed E-state index contributed by atoms with van der Waals surface area (Å²) in [5, 5.41) is 11.4. The minimum Gasteiger partial charge on any atom is -0.493 e. The van der Waals surface area contributed by atoms with Crippen molar-refractivity contribution in [3.8, 4) is 11.5 Å². The molecule has 1 heterocycles. The maximum Gasteiger partial charge on any atom is 0.363 e. The Kier molecular flexibility index (Phi) is 6.79. The van der Waals surface area contributed by atoms with Gasteiger partial charge in [-0.1, -0.05) is 29.8 Å². The third kappa shape index (κ3) is 5.15. The molecule has 3 aromatic rings. The number of carbonyl (C=O) groups excluding carboxylic acids is 1. The molecule has 0 atom stereocenters. The number of cyclic esters (lactones) is 1. The molecule has 35 heavy (non-hydrogen) atoms. The third-order valence-corrected chi connectivity index (χ3v) is 5.46. The SMILES string of the molecule is COc1cc(/C=C2\N=C(c3cccc([N+](=O)[O-])c3C)OC2=O)cc(Cl)c1OCc1cccc(F)c1. The maximum absolute atomic E-state index is 13.4. The monoisotopic (exact) mass is 496 g/mol. The van der Waals surface area contributed by atoms with Gasteiger partial charge in [-0.05, 0) is 54.5 Å². The molecule has 0 aliphatic carbocycles. The molecule has 0 aromatic heterocycles. The Balaban J connectivity index is 1.62. The molecule has 0 N–H and O–H groups in total. The van der Waals surface area contributed by atoms with Crippen LogP contribution in [0.1, 0.15) is 22.3 Å². The lowest BCUT2D eigenvalue weighted by Crippen LogP contribution is -2.08. The smallest absolute Gasteiger partial charge is 0.363 e. The fourth-order valence-corrected chi connectivity index (χ4v) is 3.75. The van der Waals surface area contributed by atoms with Crippen LogP contribution in [0.25, 0.3) is 6.08 Å². The lowest BCUT2D eigenvalue weighted by Gasteiger charge is -2.13. The Morgan fingerprint density at radius 3 is 2.69 bits per heavy atom. The highest BCUT2D eigenvalue weighted by atomic mass is 35.5. The second-order valence-corrected chi connectivity index (χ2v) is 7.90. The standard InChI is InChI=1S/C25H18ClFN2O6/c1-14-18(7-4-8-21(14)29(31)32)24-28-20(25(30)35-24)11-16-10-19(26)23(22(12-16)33-2)34-13-15-5-3-6-17(27)9-15/h3-12H,13H2,1-2H3/b20-11-. The van der Waals surface area contributed by atoms with Gasteiger partial charge in [0.05, 0.1) is 17.1 Å². The molecule has 10 heteroatoms. The maximum atomic E-state index is 13.4. The van der Waals surface area contributed by atoms with Gasteiger partial charge >= 0.3 is 5.97 Å². The van der Waals surface area contributed by atoms with Crippen LogP contribution in [0.4, 0.5) is 10.1 Å². The first-order valence-electron chi connectivity index (χ1n) is 10.3. The molecule has 8 nitrogen and oxygen atoms in total. The number of ether oxygens (including phenoxy) is 3. The van der Waals surface area contributed by atoms with Crippen molar-refractivity contribution in [1.29, 1.82) is 0 Å². The Morgan fingerprint density at radius 1 is 1.20 bits per heavy atom. The van der Waals surface area contributed by atoms with Crippen molar-refractivity contribution in [3.05, 3.63) is 104 Å². The second kappa shape index (κ2) is 9.94. The summed E-state index contributed by atoms with van der Waals surface area (Å²) in [7, 11) is 1.43. The highest BCUT2D eigenvalue weighted by Crippen LogP contribution is 2.38. The number of hydrogen-bond acceptors (Lipinski definition) is 7. The number of nitro groups is 1. The topological polar surface area (TPSA) is 100 Å². The quantitative estimate of drug-likeness (QED) is 0.182. The molecule has 1 aliphatic rings. The zero-order chi connectivity index (χ0) is 25.1. The van der Waals surface area contributed by atoms with Crippen molar-refractivity contribution in [3.63, 3.8) is 0 Å². The molecule has 0 fully saturated rings. The summed E-state index contributed by atoms with van der Waals surface area (Å²) in [5.41, 5.74) is 1.64. The van der Waals surface area contributed by atoms with Gasteiger partial charge in [0.2, 0.25) is 5.90 Å². The average molecular weight is 497 g/mol. The summed E-state index contributed by atoms with van der Waals surface area (Å²) < 4.78 is 29.8. The lowest BCUT2D eigenvalue weighted by molar-refractivity contribution is -0.385. The van der Waals surface area contributed by atoms with Crippen molar-refractivity contribution in [2.24, 2.45) is 4.99 Å². The molecule has 0 bridgehead atoms. The molecule has 0 spiro atoms. The fraction of sp³-hybridized carbons (Fsp3) is 0.120. The average Bonchev–Trinajstić information content (AvgIpc) is 3.17. The number of benzene rings is 3. The first-order valence-corrected chi connectivity index (χ1v) is 10.7. The molecule has 0 saturated heterocycles. The van der Waals surface area contributed by atoms with Gasteiger partial charge in [0.1, 0.15) is 12.4 Å². The number of hydrogen-bond donors (Lipinski definition) is 0. The molecule has 1 aliphatic heterocycles. The van der Waals surface area contributed by atoms with E-state index in [0.29, 0.717) is 28.0 Å². The number of methoxy groups -OCH3 is 1. The van der Waals surface area contributed by atoms with Crippen LogP contribution in [0.15, 0.2) is 65.3 Å². The van der Waals surface area contributed by atoms with E-state index in [2.05, 4.69) is 4.99 Å². The van der Waals surface area contributed by atoms with Gasteiger partial charge in [0.15, 0.2) is 17.2 Å². The molecule has 0 saturated carbocycles. The van der Waals surface area contributed by atoms with Gasteiger partial charge in [0.25, 0.3) is 5.69 Å². The van der Waals surface area contributed by atoms with Gasteiger partial charge in [-0.3, -0.25) is 10.1 Å². The molecule has 0 unspecified atom stereocenters. The van der Waals surface area contributed by atoms with Crippen molar-refractivity contribution >= 4 is 35.2 Å². The van der Waals surface area contributed by atoms with E-state index in [9.17, 15) is 19.3 Å². The van der Waals surface area contributed by atoms with E-state index in [1.807, 2.05) is 0 Å². The summed E-state index contributed by atoms with van der Waals surface area (Å²) in [6, 6.07) is 13.6. The van der Waals surface area contributed by atoms with E-state index < -0.39 is 10.9 Å². The highest BCUT2D eigenvalue weighted by molar-refractivity contribution is 6.32. The lowest BCUT2D eigenvalue weighted by atomic mass is 10.1. The van der Waals surface area contributed by atoms with Crippen LogP contribution in [-0.2, 0) is 16.1 Å². The first-order chi connectivity index (χ1) is 16.8.